The lowest BCUT2D eigenvalue weighted by molar-refractivity contribution is -0.167. The number of carbonyl (C=O) groups is 2. The molecule has 0 saturated carbocycles. The Morgan fingerprint density at radius 2 is 1.96 bits per heavy atom. The highest BCUT2D eigenvalue weighted by Gasteiger charge is 2.42. The number of benzene rings is 1. The number of amides is 2. The second-order valence-corrected chi connectivity index (χ2v) is 7.42. The first-order chi connectivity index (χ1) is 12.6. The number of nitrogens with zero attached hydrogens (tertiary/aromatic N) is 1. The molecule has 0 aliphatic carbocycles. The van der Waals surface area contributed by atoms with Gasteiger partial charge in [-0.05, 0) is 51.3 Å². The van der Waals surface area contributed by atoms with E-state index in [-0.39, 0.29) is 24.5 Å². The molecule has 1 aromatic rings. The summed E-state index contributed by atoms with van der Waals surface area (Å²) < 4.78 is 5.72. The van der Waals surface area contributed by atoms with Crippen molar-refractivity contribution >= 4 is 11.8 Å². The molecule has 2 atom stereocenters. The summed E-state index contributed by atoms with van der Waals surface area (Å²) in [7, 11) is 0. The standard InChI is InChI=1S/C20H29N3O3/c1-14(2)23-17(24)13-26-19(18(23)16-6-4-3-5-7-16)20(25)22-12-15-8-10-21-11-9-15/h3-7,14-15,18-19,21H,8-13H2,1-2H3,(H,22,25)/t18-,19+/m1/s1. The summed E-state index contributed by atoms with van der Waals surface area (Å²) in [6, 6.07) is 9.29. The van der Waals surface area contributed by atoms with Crippen LogP contribution in [0.5, 0.6) is 0 Å². The molecule has 1 aromatic carbocycles. The molecule has 2 heterocycles. The van der Waals surface area contributed by atoms with E-state index in [1.807, 2.05) is 44.2 Å². The fraction of sp³-hybridized carbons (Fsp3) is 0.600. The summed E-state index contributed by atoms with van der Waals surface area (Å²) in [5, 5.41) is 6.40. The van der Waals surface area contributed by atoms with Crippen LogP contribution in [0.1, 0.15) is 38.3 Å². The highest BCUT2D eigenvalue weighted by atomic mass is 16.5. The Labute approximate surface area is 155 Å². The average Bonchev–Trinajstić information content (AvgIpc) is 2.67. The summed E-state index contributed by atoms with van der Waals surface area (Å²) in [4.78, 5) is 27.2. The molecular formula is C20H29N3O3. The van der Waals surface area contributed by atoms with E-state index in [1.165, 1.54) is 0 Å². The molecule has 0 unspecified atom stereocenters. The minimum absolute atomic E-state index is 0.00340. The van der Waals surface area contributed by atoms with Crippen molar-refractivity contribution in [2.45, 2.75) is 44.9 Å². The molecule has 26 heavy (non-hydrogen) atoms. The van der Waals surface area contributed by atoms with Gasteiger partial charge in [0.2, 0.25) is 5.91 Å². The molecule has 0 radical (unpaired) electrons. The van der Waals surface area contributed by atoms with Crippen LogP contribution < -0.4 is 10.6 Å². The first kappa shape index (κ1) is 18.9. The quantitative estimate of drug-likeness (QED) is 0.835. The number of ether oxygens (including phenoxy) is 1. The van der Waals surface area contributed by atoms with Crippen LogP contribution in [0.15, 0.2) is 30.3 Å². The Balaban J connectivity index is 1.76. The van der Waals surface area contributed by atoms with Gasteiger partial charge in [-0.1, -0.05) is 30.3 Å². The molecule has 0 bridgehead atoms. The zero-order valence-corrected chi connectivity index (χ0v) is 15.6. The number of morpholine rings is 1. The maximum Gasteiger partial charge on any atom is 0.251 e. The molecule has 6 heteroatoms. The van der Waals surface area contributed by atoms with Crippen LogP contribution in [-0.4, -0.2) is 55.1 Å². The van der Waals surface area contributed by atoms with Crippen molar-refractivity contribution in [1.82, 2.24) is 15.5 Å². The second-order valence-electron chi connectivity index (χ2n) is 7.42. The van der Waals surface area contributed by atoms with Crippen LogP contribution in [0.2, 0.25) is 0 Å². The Bertz CT molecular complexity index is 614. The Hall–Kier alpha value is -1.92. The highest BCUT2D eigenvalue weighted by Crippen LogP contribution is 2.32. The molecule has 2 fully saturated rings. The van der Waals surface area contributed by atoms with Crippen molar-refractivity contribution in [3.8, 4) is 0 Å². The first-order valence-corrected chi connectivity index (χ1v) is 9.54. The molecule has 2 saturated heterocycles. The van der Waals surface area contributed by atoms with E-state index in [9.17, 15) is 9.59 Å². The lowest BCUT2D eigenvalue weighted by Gasteiger charge is -2.43. The van der Waals surface area contributed by atoms with Crippen molar-refractivity contribution in [3.63, 3.8) is 0 Å². The van der Waals surface area contributed by atoms with Crippen molar-refractivity contribution in [2.75, 3.05) is 26.2 Å². The third-order valence-corrected chi connectivity index (χ3v) is 5.24. The lowest BCUT2D eigenvalue weighted by Crippen LogP contribution is -2.56. The molecule has 2 aliphatic rings. The average molecular weight is 359 g/mol. The normalized spacial score (nSPS) is 24.7. The zero-order valence-electron chi connectivity index (χ0n) is 15.6. The molecule has 2 amide bonds. The molecule has 6 nitrogen and oxygen atoms in total. The maximum atomic E-state index is 12.9. The van der Waals surface area contributed by atoms with Crippen molar-refractivity contribution in [1.29, 1.82) is 0 Å². The number of piperidine rings is 1. The topological polar surface area (TPSA) is 70.7 Å². The summed E-state index contributed by atoms with van der Waals surface area (Å²) in [5.41, 5.74) is 0.927. The highest BCUT2D eigenvalue weighted by molar-refractivity contribution is 5.86. The lowest BCUT2D eigenvalue weighted by atomic mass is 9.95. The fourth-order valence-corrected chi connectivity index (χ4v) is 3.87. The smallest absolute Gasteiger partial charge is 0.251 e. The van der Waals surface area contributed by atoms with Gasteiger partial charge in [-0.25, -0.2) is 0 Å². The van der Waals surface area contributed by atoms with Gasteiger partial charge in [0, 0.05) is 12.6 Å². The number of rotatable bonds is 5. The molecule has 2 N–H and O–H groups in total. The van der Waals surface area contributed by atoms with E-state index in [0.29, 0.717) is 12.5 Å². The Morgan fingerprint density at radius 3 is 2.62 bits per heavy atom. The summed E-state index contributed by atoms with van der Waals surface area (Å²) in [6.45, 7) is 6.57. The Kier molecular flexibility index (Phi) is 6.27. The predicted molar refractivity (Wildman–Crippen MR) is 99.5 cm³/mol. The first-order valence-electron chi connectivity index (χ1n) is 9.54. The monoisotopic (exact) mass is 359 g/mol. The summed E-state index contributed by atoms with van der Waals surface area (Å²) in [6.07, 6.45) is 1.47. The number of nitrogens with one attached hydrogen (secondary N) is 2. The van der Waals surface area contributed by atoms with E-state index in [1.54, 1.807) is 4.90 Å². The van der Waals surface area contributed by atoms with E-state index in [0.717, 1.165) is 31.5 Å². The van der Waals surface area contributed by atoms with Crippen molar-refractivity contribution in [3.05, 3.63) is 35.9 Å². The Morgan fingerprint density at radius 1 is 1.27 bits per heavy atom. The van der Waals surface area contributed by atoms with E-state index >= 15 is 0 Å². The third-order valence-electron chi connectivity index (χ3n) is 5.24. The molecule has 2 aliphatic heterocycles. The van der Waals surface area contributed by atoms with Crippen LogP contribution in [0.4, 0.5) is 0 Å². The second kappa shape index (κ2) is 8.64. The van der Waals surface area contributed by atoms with Gasteiger partial charge >= 0.3 is 0 Å². The van der Waals surface area contributed by atoms with E-state index in [4.69, 9.17) is 4.74 Å². The predicted octanol–water partition coefficient (Wildman–Crippen LogP) is 1.48. The van der Waals surface area contributed by atoms with Crippen molar-refractivity contribution < 1.29 is 14.3 Å². The molecule has 3 rings (SSSR count). The number of hydrogen-bond acceptors (Lipinski definition) is 4. The molecule has 142 valence electrons. The fourth-order valence-electron chi connectivity index (χ4n) is 3.87. The van der Waals surface area contributed by atoms with E-state index < -0.39 is 12.1 Å². The largest absolute Gasteiger partial charge is 0.356 e. The minimum Gasteiger partial charge on any atom is -0.356 e. The van der Waals surface area contributed by atoms with Gasteiger partial charge < -0.3 is 20.3 Å². The zero-order chi connectivity index (χ0) is 18.5. The van der Waals surface area contributed by atoms with Gasteiger partial charge in [0.15, 0.2) is 6.10 Å². The van der Waals surface area contributed by atoms with Crippen LogP contribution in [0.25, 0.3) is 0 Å². The summed E-state index contributed by atoms with van der Waals surface area (Å²) in [5.74, 6) is 0.300. The molecule has 0 aromatic heterocycles. The van der Waals surface area contributed by atoms with Crippen LogP contribution >= 0.6 is 0 Å². The van der Waals surface area contributed by atoms with Gasteiger partial charge in [-0.3, -0.25) is 9.59 Å². The summed E-state index contributed by atoms with van der Waals surface area (Å²) >= 11 is 0. The SMILES string of the molecule is CC(C)N1C(=O)CO[C@H](C(=O)NCC2CCNCC2)[C@H]1c1ccccc1. The van der Waals surface area contributed by atoms with Crippen molar-refractivity contribution in [2.24, 2.45) is 5.92 Å². The van der Waals surface area contributed by atoms with Crippen LogP contribution in [0.3, 0.4) is 0 Å². The van der Waals surface area contributed by atoms with Gasteiger partial charge in [0.1, 0.15) is 6.61 Å². The van der Waals surface area contributed by atoms with Gasteiger partial charge in [-0.15, -0.1) is 0 Å². The van der Waals surface area contributed by atoms with Gasteiger partial charge in [0.05, 0.1) is 6.04 Å². The van der Waals surface area contributed by atoms with E-state index in [2.05, 4.69) is 10.6 Å². The molecule has 0 spiro atoms. The third kappa shape index (κ3) is 4.24. The van der Waals surface area contributed by atoms with Gasteiger partial charge in [0.25, 0.3) is 5.91 Å². The maximum absolute atomic E-state index is 12.9. The number of carbonyl (C=O) groups excluding carboxylic acids is 2. The molecular weight excluding hydrogens is 330 g/mol. The minimum atomic E-state index is -0.681. The van der Waals surface area contributed by atoms with Gasteiger partial charge in [-0.2, -0.15) is 0 Å². The van der Waals surface area contributed by atoms with Crippen LogP contribution in [-0.2, 0) is 14.3 Å². The number of hydrogen-bond donors (Lipinski definition) is 2. The van der Waals surface area contributed by atoms with Crippen LogP contribution in [0, 0.1) is 5.92 Å².